The van der Waals surface area contributed by atoms with Crippen LogP contribution in [0, 0.1) is 5.82 Å². The number of nitrogens with zero attached hydrogens (tertiary/aromatic N) is 3. The van der Waals surface area contributed by atoms with Gasteiger partial charge in [0.15, 0.2) is 4.80 Å². The van der Waals surface area contributed by atoms with Crippen LogP contribution in [0.25, 0.3) is 5.57 Å². The first kappa shape index (κ1) is 27.3. The lowest BCUT2D eigenvalue weighted by molar-refractivity contribution is -0.139. The summed E-state index contributed by atoms with van der Waals surface area (Å²) in [5, 5.41) is 0. The highest BCUT2D eigenvalue weighted by molar-refractivity contribution is 7.07. The van der Waals surface area contributed by atoms with Crippen molar-refractivity contribution in [1.82, 2.24) is 4.57 Å². The summed E-state index contributed by atoms with van der Waals surface area (Å²) >= 11 is 1.11. The Labute approximate surface area is 244 Å². The molecule has 0 N–H and O–H groups in total. The predicted molar refractivity (Wildman–Crippen MR) is 156 cm³/mol. The van der Waals surface area contributed by atoms with Gasteiger partial charge in [-0.2, -0.15) is 0 Å². The molecule has 42 heavy (non-hydrogen) atoms. The number of aromatic nitrogens is 1. The van der Waals surface area contributed by atoms with E-state index in [2.05, 4.69) is 4.99 Å². The number of para-hydroxylation sites is 1. The molecule has 0 radical (unpaired) electrons. The Kier molecular flexibility index (Phi) is 7.07. The topological polar surface area (TPSA) is 90.2 Å². The van der Waals surface area contributed by atoms with Crippen molar-refractivity contribution in [3.8, 4) is 5.75 Å². The van der Waals surface area contributed by atoms with Crippen molar-refractivity contribution in [1.29, 1.82) is 0 Å². The van der Waals surface area contributed by atoms with Crippen LogP contribution in [0.3, 0.4) is 0 Å². The number of carbonyl (C=O) groups excluding carboxylic acids is 2. The van der Waals surface area contributed by atoms with E-state index in [1.54, 1.807) is 62.3 Å². The zero-order chi connectivity index (χ0) is 29.5. The molecule has 10 heteroatoms. The number of fused-ring (bicyclic) bond motifs is 2. The number of hydrogen-bond acceptors (Lipinski definition) is 7. The number of anilines is 1. The first-order valence-electron chi connectivity index (χ1n) is 13.3. The van der Waals surface area contributed by atoms with Crippen LogP contribution in [0.5, 0.6) is 5.75 Å². The van der Waals surface area contributed by atoms with Crippen LogP contribution in [0.2, 0.25) is 0 Å². The van der Waals surface area contributed by atoms with Crippen molar-refractivity contribution in [3.63, 3.8) is 0 Å². The maximum Gasteiger partial charge on any atom is 0.338 e. The number of allylic oxidation sites excluding steroid dienone is 1. The molecule has 1 amide bonds. The fraction of sp³-hybridized carbons (Fsp3) is 0.188. The molecule has 0 fully saturated rings. The van der Waals surface area contributed by atoms with Crippen LogP contribution in [0.1, 0.15) is 36.6 Å². The molecule has 8 nitrogen and oxygen atoms in total. The van der Waals surface area contributed by atoms with Crippen molar-refractivity contribution >= 4 is 34.5 Å². The Morgan fingerprint density at radius 3 is 2.43 bits per heavy atom. The molecule has 0 saturated carbocycles. The summed E-state index contributed by atoms with van der Waals surface area (Å²) in [5.41, 5.74) is 3.21. The van der Waals surface area contributed by atoms with Gasteiger partial charge in [0.2, 0.25) is 0 Å². The van der Waals surface area contributed by atoms with Crippen LogP contribution >= 0.6 is 11.3 Å². The fourth-order valence-corrected chi connectivity index (χ4v) is 6.51. The zero-order valence-corrected chi connectivity index (χ0v) is 23.9. The van der Waals surface area contributed by atoms with Crippen molar-refractivity contribution in [2.75, 3.05) is 18.6 Å². The third-order valence-electron chi connectivity index (χ3n) is 7.33. The Hall–Kier alpha value is -4.83. The monoisotopic (exact) mass is 583 g/mol. The van der Waals surface area contributed by atoms with Gasteiger partial charge in [-0.1, -0.05) is 53.8 Å². The largest absolute Gasteiger partial charge is 0.497 e. The quantitative estimate of drug-likeness (QED) is 0.322. The van der Waals surface area contributed by atoms with Gasteiger partial charge in [0.25, 0.3) is 11.5 Å². The molecule has 0 unspecified atom stereocenters. The first-order valence-corrected chi connectivity index (χ1v) is 14.2. The van der Waals surface area contributed by atoms with Gasteiger partial charge in [0, 0.05) is 5.56 Å². The summed E-state index contributed by atoms with van der Waals surface area (Å²) in [6.07, 6.45) is 0. The zero-order valence-electron chi connectivity index (χ0n) is 23.1. The minimum absolute atomic E-state index is 0.161. The molecule has 2 aliphatic heterocycles. The smallest absolute Gasteiger partial charge is 0.338 e. The number of hydrogen-bond donors (Lipinski definition) is 0. The number of halogens is 1. The number of esters is 1. The van der Waals surface area contributed by atoms with E-state index in [0.717, 1.165) is 16.9 Å². The second kappa shape index (κ2) is 10.9. The molecule has 212 valence electrons. The average Bonchev–Trinajstić information content (AvgIpc) is 3.45. The third kappa shape index (κ3) is 4.53. The molecule has 1 aromatic heterocycles. The van der Waals surface area contributed by atoms with E-state index in [4.69, 9.17) is 9.47 Å². The third-order valence-corrected chi connectivity index (χ3v) is 8.38. The Balaban J connectivity index is 1.56. The highest BCUT2D eigenvalue weighted by atomic mass is 32.1. The van der Waals surface area contributed by atoms with E-state index in [1.807, 2.05) is 24.3 Å². The van der Waals surface area contributed by atoms with Crippen LogP contribution in [0.4, 0.5) is 10.1 Å². The first-order chi connectivity index (χ1) is 20.3. The number of carbonyl (C=O) groups is 2. The summed E-state index contributed by atoms with van der Waals surface area (Å²) < 4.78 is 25.9. The van der Waals surface area contributed by atoms with Gasteiger partial charge in [0.1, 0.15) is 16.1 Å². The van der Waals surface area contributed by atoms with E-state index in [-0.39, 0.29) is 40.6 Å². The maximum absolute atomic E-state index is 14.3. The van der Waals surface area contributed by atoms with Crippen LogP contribution in [-0.4, -0.2) is 30.2 Å². The van der Waals surface area contributed by atoms with E-state index < -0.39 is 17.6 Å². The number of rotatable bonds is 6. The molecule has 6 rings (SSSR count). The highest BCUT2D eigenvalue weighted by Gasteiger charge is 2.37. The summed E-state index contributed by atoms with van der Waals surface area (Å²) in [4.78, 5) is 48.0. The van der Waals surface area contributed by atoms with Crippen LogP contribution < -0.4 is 24.5 Å². The van der Waals surface area contributed by atoms with Crippen molar-refractivity contribution in [3.05, 3.63) is 126 Å². The molecule has 0 aliphatic carbocycles. The Morgan fingerprint density at radius 1 is 1.02 bits per heavy atom. The lowest BCUT2D eigenvalue weighted by Crippen LogP contribution is -2.41. The number of benzene rings is 3. The molecule has 1 atom stereocenters. The van der Waals surface area contributed by atoms with Crippen molar-refractivity contribution in [2.24, 2.45) is 4.99 Å². The van der Waals surface area contributed by atoms with Crippen LogP contribution in [-0.2, 0) is 20.9 Å². The minimum atomic E-state index is -0.817. The minimum Gasteiger partial charge on any atom is -0.497 e. The molecule has 0 saturated heterocycles. The lowest BCUT2D eigenvalue weighted by atomic mass is 9.96. The van der Waals surface area contributed by atoms with Gasteiger partial charge in [-0.25, -0.2) is 14.2 Å². The molecule has 0 spiro atoms. The molecule has 0 bridgehead atoms. The van der Waals surface area contributed by atoms with Crippen molar-refractivity contribution < 1.29 is 23.5 Å². The van der Waals surface area contributed by atoms with Gasteiger partial charge in [-0.05, 0) is 55.3 Å². The van der Waals surface area contributed by atoms with E-state index in [1.165, 1.54) is 16.7 Å². The molecule has 2 aliphatic rings. The SMILES string of the molecule is CCOC(=O)C1=C(C)N=c2s/c(=C3\C(=O)N(Cc4ccc(F)cc4)c4ccccc43)c(=O)n2[C@H]1c1ccc(OC)cc1. The number of thiazole rings is 1. The number of amides is 1. The molecular formula is C32H26FN3O5S. The number of ether oxygens (including phenoxy) is 2. The average molecular weight is 584 g/mol. The van der Waals surface area contributed by atoms with E-state index in [9.17, 15) is 18.8 Å². The van der Waals surface area contributed by atoms with Gasteiger partial charge in [-0.3, -0.25) is 14.2 Å². The normalized spacial score (nSPS) is 17.1. The molecular weight excluding hydrogens is 557 g/mol. The Bertz CT molecular complexity index is 1940. The summed E-state index contributed by atoms with van der Waals surface area (Å²) in [6, 6.07) is 19.5. The highest BCUT2D eigenvalue weighted by Crippen LogP contribution is 2.37. The van der Waals surface area contributed by atoms with E-state index in [0.29, 0.717) is 33.1 Å². The molecule has 3 aromatic carbocycles. The standard InChI is InChI=1S/C32H26FN3O5S/c1-4-41-31(39)25-18(2)34-32-36(27(25)20-11-15-22(40-3)16-12-20)30(38)28(42-32)26-23-7-5-6-8-24(23)35(29(26)37)17-19-9-13-21(33)14-10-19/h5-16,27H,4,17H2,1-3H3/b28-26-/t27-/m0/s1. The maximum atomic E-state index is 14.3. The predicted octanol–water partition coefficient (Wildman–Crippen LogP) is 3.86. The Morgan fingerprint density at radius 2 is 1.74 bits per heavy atom. The molecule has 3 heterocycles. The van der Waals surface area contributed by atoms with Gasteiger partial charge >= 0.3 is 5.97 Å². The summed E-state index contributed by atoms with van der Waals surface area (Å²) in [6.45, 7) is 3.80. The fourth-order valence-electron chi connectivity index (χ4n) is 5.37. The second-order valence-corrected chi connectivity index (χ2v) is 10.8. The summed E-state index contributed by atoms with van der Waals surface area (Å²) in [7, 11) is 1.56. The van der Waals surface area contributed by atoms with Gasteiger partial charge in [0.05, 0.1) is 48.8 Å². The molecule has 4 aromatic rings. The lowest BCUT2D eigenvalue weighted by Gasteiger charge is -2.24. The van der Waals surface area contributed by atoms with E-state index >= 15 is 0 Å². The summed E-state index contributed by atoms with van der Waals surface area (Å²) in [5.74, 6) is -0.642. The second-order valence-electron chi connectivity index (χ2n) is 9.81. The number of methoxy groups -OCH3 is 1. The van der Waals surface area contributed by atoms with Crippen LogP contribution in [0.15, 0.2) is 93.9 Å². The van der Waals surface area contributed by atoms with Gasteiger partial charge < -0.3 is 14.4 Å². The van der Waals surface area contributed by atoms with Crippen molar-refractivity contribution in [2.45, 2.75) is 26.4 Å². The van der Waals surface area contributed by atoms with Gasteiger partial charge in [-0.15, -0.1) is 0 Å².